The van der Waals surface area contributed by atoms with Crippen molar-refractivity contribution in [3.8, 4) is 0 Å². The van der Waals surface area contributed by atoms with Gasteiger partial charge in [-0.3, -0.25) is 9.48 Å². The van der Waals surface area contributed by atoms with Crippen LogP contribution in [0.3, 0.4) is 0 Å². The van der Waals surface area contributed by atoms with E-state index in [4.69, 9.17) is 5.73 Å². The minimum atomic E-state index is -0.150. The molecule has 0 unspecified atom stereocenters. The number of hydrogen-bond donors (Lipinski definition) is 2. The van der Waals surface area contributed by atoms with E-state index in [-0.39, 0.29) is 5.91 Å². The minimum Gasteiger partial charge on any atom is -0.326 e. The SMILES string of the molecule is Cc1ccc(CN)cc1NC(=O)c1cn(C)nc1C. The summed E-state index contributed by atoms with van der Waals surface area (Å²) in [4.78, 5) is 12.2. The smallest absolute Gasteiger partial charge is 0.259 e. The number of aryl methyl sites for hydroxylation is 3. The number of nitrogens with two attached hydrogens (primary N) is 1. The summed E-state index contributed by atoms with van der Waals surface area (Å²) in [6, 6.07) is 5.81. The molecule has 0 radical (unpaired) electrons. The molecule has 1 aromatic carbocycles. The Morgan fingerprint density at radius 3 is 2.74 bits per heavy atom. The Bertz CT molecular complexity index is 616. The normalized spacial score (nSPS) is 10.5. The Labute approximate surface area is 112 Å². The fraction of sp³-hybridized carbons (Fsp3) is 0.286. The van der Waals surface area contributed by atoms with E-state index in [9.17, 15) is 4.79 Å². The number of hydrogen-bond acceptors (Lipinski definition) is 3. The summed E-state index contributed by atoms with van der Waals surface area (Å²) in [5, 5.41) is 7.07. The second-order valence-electron chi connectivity index (χ2n) is 4.61. The molecule has 0 fully saturated rings. The summed E-state index contributed by atoms with van der Waals surface area (Å²) < 4.78 is 1.63. The average Bonchev–Trinajstić information content (AvgIpc) is 2.71. The van der Waals surface area contributed by atoms with Crippen LogP contribution >= 0.6 is 0 Å². The number of nitrogens with zero attached hydrogens (tertiary/aromatic N) is 2. The van der Waals surface area contributed by atoms with Gasteiger partial charge in [0.05, 0.1) is 11.3 Å². The highest BCUT2D eigenvalue weighted by molar-refractivity contribution is 6.05. The number of aromatic nitrogens is 2. The van der Waals surface area contributed by atoms with Gasteiger partial charge in [0.15, 0.2) is 0 Å². The fourth-order valence-corrected chi connectivity index (χ4v) is 1.94. The molecule has 0 aliphatic heterocycles. The molecule has 0 saturated heterocycles. The quantitative estimate of drug-likeness (QED) is 0.881. The lowest BCUT2D eigenvalue weighted by atomic mass is 10.1. The van der Waals surface area contributed by atoms with Crippen LogP contribution in [0.4, 0.5) is 5.69 Å². The predicted octanol–water partition coefficient (Wildman–Crippen LogP) is 1.75. The van der Waals surface area contributed by atoms with E-state index < -0.39 is 0 Å². The molecule has 3 N–H and O–H groups in total. The molecule has 1 amide bonds. The molecule has 1 heterocycles. The van der Waals surface area contributed by atoms with Gasteiger partial charge in [-0.15, -0.1) is 0 Å². The van der Waals surface area contributed by atoms with Gasteiger partial charge < -0.3 is 11.1 Å². The van der Waals surface area contributed by atoms with Crippen LogP contribution in [0.25, 0.3) is 0 Å². The third-order valence-electron chi connectivity index (χ3n) is 3.04. The molecule has 5 nitrogen and oxygen atoms in total. The van der Waals surface area contributed by atoms with Crippen LogP contribution in [-0.2, 0) is 13.6 Å². The second-order valence-corrected chi connectivity index (χ2v) is 4.61. The Balaban J connectivity index is 2.26. The van der Waals surface area contributed by atoms with Crippen molar-refractivity contribution in [3.05, 3.63) is 46.8 Å². The van der Waals surface area contributed by atoms with E-state index in [1.54, 1.807) is 17.9 Å². The fourth-order valence-electron chi connectivity index (χ4n) is 1.94. The molecular weight excluding hydrogens is 240 g/mol. The maximum Gasteiger partial charge on any atom is 0.259 e. The highest BCUT2D eigenvalue weighted by Crippen LogP contribution is 2.18. The molecular formula is C14H18N4O. The molecule has 2 aromatic rings. The lowest BCUT2D eigenvalue weighted by molar-refractivity contribution is 0.102. The van der Waals surface area contributed by atoms with E-state index in [0.29, 0.717) is 17.8 Å². The minimum absolute atomic E-state index is 0.150. The lowest BCUT2D eigenvalue weighted by Gasteiger charge is -2.09. The van der Waals surface area contributed by atoms with Gasteiger partial charge in [0.2, 0.25) is 0 Å². The van der Waals surface area contributed by atoms with Crippen molar-refractivity contribution in [2.45, 2.75) is 20.4 Å². The third kappa shape index (κ3) is 2.82. The van der Waals surface area contributed by atoms with Crippen LogP contribution in [0.1, 0.15) is 27.2 Å². The van der Waals surface area contributed by atoms with Crippen molar-refractivity contribution in [1.82, 2.24) is 9.78 Å². The summed E-state index contributed by atoms with van der Waals surface area (Å²) >= 11 is 0. The van der Waals surface area contributed by atoms with E-state index in [1.165, 1.54) is 0 Å². The van der Waals surface area contributed by atoms with Crippen molar-refractivity contribution >= 4 is 11.6 Å². The summed E-state index contributed by atoms with van der Waals surface area (Å²) in [7, 11) is 1.80. The van der Waals surface area contributed by atoms with Crippen LogP contribution in [0.5, 0.6) is 0 Å². The van der Waals surface area contributed by atoms with Crippen molar-refractivity contribution in [1.29, 1.82) is 0 Å². The van der Waals surface area contributed by atoms with E-state index in [2.05, 4.69) is 10.4 Å². The summed E-state index contributed by atoms with van der Waals surface area (Å²) in [6.45, 7) is 4.22. The first-order valence-corrected chi connectivity index (χ1v) is 6.12. The van der Waals surface area contributed by atoms with Gasteiger partial charge in [-0.05, 0) is 31.0 Å². The van der Waals surface area contributed by atoms with E-state index >= 15 is 0 Å². The van der Waals surface area contributed by atoms with Crippen molar-refractivity contribution in [2.24, 2.45) is 12.8 Å². The van der Waals surface area contributed by atoms with Crippen LogP contribution in [0.15, 0.2) is 24.4 Å². The summed E-state index contributed by atoms with van der Waals surface area (Å²) in [5.41, 5.74) is 9.70. The second kappa shape index (κ2) is 5.24. The van der Waals surface area contributed by atoms with Gasteiger partial charge in [0.1, 0.15) is 0 Å². The van der Waals surface area contributed by atoms with Crippen LogP contribution in [0.2, 0.25) is 0 Å². The van der Waals surface area contributed by atoms with E-state index in [1.807, 2.05) is 32.0 Å². The number of rotatable bonds is 3. The topological polar surface area (TPSA) is 72.9 Å². The van der Waals surface area contributed by atoms with Gasteiger partial charge >= 0.3 is 0 Å². The molecule has 1 aromatic heterocycles. The summed E-state index contributed by atoms with van der Waals surface area (Å²) in [6.07, 6.45) is 1.72. The molecule has 100 valence electrons. The van der Waals surface area contributed by atoms with Crippen LogP contribution < -0.4 is 11.1 Å². The Hall–Kier alpha value is -2.14. The number of anilines is 1. The maximum atomic E-state index is 12.2. The first-order valence-electron chi connectivity index (χ1n) is 6.12. The zero-order chi connectivity index (χ0) is 14.0. The van der Waals surface area contributed by atoms with Gasteiger partial charge in [-0.2, -0.15) is 5.10 Å². The molecule has 5 heteroatoms. The van der Waals surface area contributed by atoms with Gasteiger partial charge in [-0.1, -0.05) is 12.1 Å². The lowest BCUT2D eigenvalue weighted by Crippen LogP contribution is -2.13. The predicted molar refractivity (Wildman–Crippen MR) is 75.0 cm³/mol. The standard InChI is InChI=1S/C14H18N4O/c1-9-4-5-11(7-15)6-13(9)16-14(19)12-8-18(3)17-10(12)2/h4-6,8H,7,15H2,1-3H3,(H,16,19). The van der Waals surface area contributed by atoms with Crippen molar-refractivity contribution < 1.29 is 4.79 Å². The molecule has 0 saturated carbocycles. The third-order valence-corrected chi connectivity index (χ3v) is 3.04. The van der Waals surface area contributed by atoms with Crippen molar-refractivity contribution in [2.75, 3.05) is 5.32 Å². The number of nitrogens with one attached hydrogen (secondary N) is 1. The first kappa shape index (κ1) is 13.3. The number of carbonyl (C=O) groups excluding carboxylic acids is 1. The Morgan fingerprint density at radius 1 is 1.42 bits per heavy atom. The molecule has 0 atom stereocenters. The molecule has 0 aliphatic rings. The van der Waals surface area contributed by atoms with E-state index in [0.717, 1.165) is 16.8 Å². The van der Waals surface area contributed by atoms with Crippen LogP contribution in [-0.4, -0.2) is 15.7 Å². The number of amides is 1. The van der Waals surface area contributed by atoms with Gasteiger partial charge in [-0.25, -0.2) is 0 Å². The average molecular weight is 258 g/mol. The first-order chi connectivity index (χ1) is 9.01. The van der Waals surface area contributed by atoms with Gasteiger partial charge in [0.25, 0.3) is 5.91 Å². The number of carbonyl (C=O) groups is 1. The monoisotopic (exact) mass is 258 g/mol. The maximum absolute atomic E-state index is 12.2. The number of benzene rings is 1. The summed E-state index contributed by atoms with van der Waals surface area (Å²) in [5.74, 6) is -0.150. The zero-order valence-electron chi connectivity index (χ0n) is 11.4. The molecule has 0 bridgehead atoms. The molecule has 0 spiro atoms. The van der Waals surface area contributed by atoms with Crippen LogP contribution in [0, 0.1) is 13.8 Å². The van der Waals surface area contributed by atoms with Gasteiger partial charge in [0, 0.05) is 25.5 Å². The molecule has 0 aliphatic carbocycles. The van der Waals surface area contributed by atoms with Crippen molar-refractivity contribution in [3.63, 3.8) is 0 Å². The Morgan fingerprint density at radius 2 is 2.16 bits per heavy atom. The molecule has 2 rings (SSSR count). The molecule has 19 heavy (non-hydrogen) atoms. The highest BCUT2D eigenvalue weighted by Gasteiger charge is 2.13. The largest absolute Gasteiger partial charge is 0.326 e. The zero-order valence-corrected chi connectivity index (χ0v) is 11.4. The highest BCUT2D eigenvalue weighted by atomic mass is 16.1. The Kier molecular flexibility index (Phi) is 3.66.